The van der Waals surface area contributed by atoms with Gasteiger partial charge in [0.2, 0.25) is 0 Å². The molecule has 222 valence electrons. The number of sulfone groups is 1. The van der Waals surface area contributed by atoms with Gasteiger partial charge in [0.15, 0.2) is 15.7 Å². The number of imidazole rings is 1. The highest BCUT2D eigenvalue weighted by molar-refractivity contribution is 7.92. The van der Waals surface area contributed by atoms with Crippen molar-refractivity contribution in [1.82, 2.24) is 15.3 Å². The van der Waals surface area contributed by atoms with Crippen molar-refractivity contribution in [1.29, 1.82) is 0 Å². The molecule has 2 aliphatic heterocycles. The van der Waals surface area contributed by atoms with Gasteiger partial charge >= 0.3 is 0 Å². The van der Waals surface area contributed by atoms with Crippen LogP contribution >= 0.6 is 0 Å². The molecule has 3 atom stereocenters. The summed E-state index contributed by atoms with van der Waals surface area (Å²) in [5.41, 5.74) is 1.63. The molecule has 0 spiro atoms. The van der Waals surface area contributed by atoms with Gasteiger partial charge < -0.3 is 30.0 Å². The van der Waals surface area contributed by atoms with Crippen molar-refractivity contribution in [2.24, 2.45) is 0 Å². The van der Waals surface area contributed by atoms with Gasteiger partial charge in [-0.2, -0.15) is 4.98 Å². The Bertz CT molecular complexity index is 1670. The van der Waals surface area contributed by atoms with Crippen LogP contribution in [0.15, 0.2) is 59.5 Å². The van der Waals surface area contributed by atoms with Crippen LogP contribution in [0.25, 0.3) is 33.3 Å². The zero-order valence-electron chi connectivity index (χ0n) is 22.6. The molecule has 4 aromatic rings. The van der Waals surface area contributed by atoms with E-state index in [1.165, 1.54) is 0 Å². The number of aromatic nitrogens is 2. The van der Waals surface area contributed by atoms with Gasteiger partial charge in [-0.3, -0.25) is 0 Å². The molecule has 0 aliphatic carbocycles. The van der Waals surface area contributed by atoms with Gasteiger partial charge in [-0.15, -0.1) is 0 Å². The highest BCUT2D eigenvalue weighted by atomic mass is 32.2. The number of fused-ring (bicyclic) bond motifs is 1. The van der Waals surface area contributed by atoms with E-state index < -0.39 is 45.0 Å². The summed E-state index contributed by atoms with van der Waals surface area (Å²) >= 11 is 0. The predicted molar refractivity (Wildman–Crippen MR) is 152 cm³/mol. The molecule has 1 aromatic heterocycles. The van der Waals surface area contributed by atoms with Gasteiger partial charge in [0.1, 0.15) is 23.5 Å². The van der Waals surface area contributed by atoms with Crippen LogP contribution in [0.4, 0.5) is 8.78 Å². The molecular weight excluding hydrogens is 568 g/mol. The summed E-state index contributed by atoms with van der Waals surface area (Å²) in [6, 6.07) is 14.5. The third-order valence-electron chi connectivity index (χ3n) is 7.95. The standard InChI is InChI=1S/C30H31F2N3O6S/c31-23-14-24-29(35-30(34-24)41-20-13-25(37)26(15-36)40-16-20)28(32)27(23)19-3-1-17(2-4-19)18-5-7-21(8-6-18)42(38,39)22-9-11-33-12-10-22/h1-8,14,20,22,25-26,33,36-37H,9-13,15-16H2,(H,34,35)/t20-,25+,26-/m1/s1. The van der Waals surface area contributed by atoms with E-state index in [4.69, 9.17) is 9.47 Å². The molecule has 0 bridgehead atoms. The number of ether oxygens (including phenoxy) is 2. The minimum absolute atomic E-state index is 0.0374. The second-order valence-corrected chi connectivity index (χ2v) is 12.9. The maximum atomic E-state index is 15.6. The minimum atomic E-state index is -3.41. The molecule has 12 heteroatoms. The highest BCUT2D eigenvalue weighted by Gasteiger charge is 2.32. The summed E-state index contributed by atoms with van der Waals surface area (Å²) in [4.78, 5) is 7.22. The largest absolute Gasteiger partial charge is 0.459 e. The lowest BCUT2D eigenvalue weighted by atomic mass is 9.99. The molecule has 0 radical (unpaired) electrons. The molecule has 0 unspecified atom stereocenters. The maximum Gasteiger partial charge on any atom is 0.295 e. The predicted octanol–water partition coefficient (Wildman–Crippen LogP) is 3.59. The van der Waals surface area contributed by atoms with Crippen LogP contribution in [0.5, 0.6) is 6.01 Å². The second-order valence-electron chi connectivity index (χ2n) is 10.7. The number of nitrogens with one attached hydrogen (secondary N) is 2. The lowest BCUT2D eigenvalue weighted by Gasteiger charge is -2.31. The molecular formula is C30H31F2N3O6S. The van der Waals surface area contributed by atoms with Gasteiger partial charge in [0.05, 0.1) is 40.5 Å². The zero-order chi connectivity index (χ0) is 29.4. The third-order valence-corrected chi connectivity index (χ3v) is 10.2. The number of rotatable bonds is 7. The highest BCUT2D eigenvalue weighted by Crippen LogP contribution is 2.34. The van der Waals surface area contributed by atoms with Gasteiger partial charge in [-0.05, 0) is 54.8 Å². The van der Waals surface area contributed by atoms with E-state index in [0.717, 1.165) is 17.2 Å². The van der Waals surface area contributed by atoms with Crippen molar-refractivity contribution in [3.05, 3.63) is 66.2 Å². The normalized spacial score (nSPS) is 22.0. The Balaban J connectivity index is 1.20. The zero-order valence-corrected chi connectivity index (χ0v) is 23.4. The first kappa shape index (κ1) is 28.7. The number of H-pyrrole nitrogens is 1. The van der Waals surface area contributed by atoms with Gasteiger partial charge in [0, 0.05) is 12.5 Å². The van der Waals surface area contributed by atoms with E-state index in [-0.39, 0.29) is 47.1 Å². The Kier molecular flexibility index (Phi) is 7.99. The summed E-state index contributed by atoms with van der Waals surface area (Å²) < 4.78 is 67.8. The monoisotopic (exact) mass is 599 g/mol. The van der Waals surface area contributed by atoms with E-state index in [1.54, 1.807) is 48.5 Å². The quantitative estimate of drug-likeness (QED) is 0.253. The molecule has 4 N–H and O–H groups in total. The van der Waals surface area contributed by atoms with Crippen LogP contribution in [-0.4, -0.2) is 78.5 Å². The molecule has 3 aromatic carbocycles. The SMILES string of the molecule is O=S(=O)(c1ccc(-c2ccc(-c3c(F)cc4[nH]c(O[C@H]5CO[C@H](CO)[C@@H](O)C5)nc4c3F)cc2)cc1)C1CCNCC1. The first-order chi connectivity index (χ1) is 20.2. The maximum absolute atomic E-state index is 15.6. The number of hydrogen-bond donors (Lipinski definition) is 4. The number of aliphatic hydroxyl groups is 2. The van der Waals surface area contributed by atoms with Gasteiger partial charge in [-0.25, -0.2) is 17.2 Å². The molecule has 2 saturated heterocycles. The fraction of sp³-hybridized carbons (Fsp3) is 0.367. The number of aliphatic hydroxyl groups excluding tert-OH is 2. The van der Waals surface area contributed by atoms with Crippen molar-refractivity contribution in [2.45, 2.75) is 47.7 Å². The van der Waals surface area contributed by atoms with Crippen LogP contribution in [0.1, 0.15) is 19.3 Å². The number of aromatic amines is 1. The fourth-order valence-corrected chi connectivity index (χ4v) is 7.35. The number of halogens is 2. The van der Waals surface area contributed by atoms with Crippen LogP contribution < -0.4 is 10.1 Å². The van der Waals surface area contributed by atoms with Crippen molar-refractivity contribution < 1.29 is 36.9 Å². The number of benzene rings is 3. The van der Waals surface area contributed by atoms with Crippen molar-refractivity contribution >= 4 is 20.9 Å². The fourth-order valence-electron chi connectivity index (χ4n) is 5.59. The topological polar surface area (TPSA) is 134 Å². The summed E-state index contributed by atoms with van der Waals surface area (Å²) in [6.45, 7) is 1.16. The van der Waals surface area contributed by atoms with Crippen molar-refractivity contribution in [2.75, 3.05) is 26.3 Å². The molecule has 3 heterocycles. The average Bonchev–Trinajstić information content (AvgIpc) is 3.40. The van der Waals surface area contributed by atoms with Gasteiger partial charge in [0.25, 0.3) is 6.01 Å². The van der Waals surface area contributed by atoms with E-state index >= 15 is 8.78 Å². The minimum Gasteiger partial charge on any atom is -0.459 e. The van der Waals surface area contributed by atoms with Crippen molar-refractivity contribution in [3.8, 4) is 28.3 Å². The average molecular weight is 600 g/mol. The summed E-state index contributed by atoms with van der Waals surface area (Å²) in [7, 11) is -3.41. The van der Waals surface area contributed by atoms with E-state index in [0.29, 0.717) is 31.5 Å². The number of nitrogens with zero attached hydrogens (tertiary/aromatic N) is 1. The smallest absolute Gasteiger partial charge is 0.295 e. The Hall–Kier alpha value is -3.42. The molecule has 9 nitrogen and oxygen atoms in total. The molecule has 42 heavy (non-hydrogen) atoms. The van der Waals surface area contributed by atoms with Crippen LogP contribution in [-0.2, 0) is 14.6 Å². The van der Waals surface area contributed by atoms with Crippen molar-refractivity contribution in [3.63, 3.8) is 0 Å². The lowest BCUT2D eigenvalue weighted by molar-refractivity contribution is -0.131. The Morgan fingerprint density at radius 1 is 1.00 bits per heavy atom. The second kappa shape index (κ2) is 11.7. The number of piperidine rings is 1. The van der Waals surface area contributed by atoms with E-state index in [1.807, 2.05) is 0 Å². The van der Waals surface area contributed by atoms with Gasteiger partial charge in [-0.1, -0.05) is 36.4 Å². The first-order valence-electron chi connectivity index (χ1n) is 13.8. The van der Waals surface area contributed by atoms with E-state index in [2.05, 4.69) is 15.3 Å². The van der Waals surface area contributed by atoms with Crippen LogP contribution in [0.3, 0.4) is 0 Å². The first-order valence-corrected chi connectivity index (χ1v) is 15.4. The Morgan fingerprint density at radius 3 is 2.29 bits per heavy atom. The molecule has 0 saturated carbocycles. The molecule has 2 fully saturated rings. The van der Waals surface area contributed by atoms with E-state index in [9.17, 15) is 18.6 Å². The molecule has 6 rings (SSSR count). The Labute approximate surface area is 241 Å². The molecule has 2 aliphatic rings. The number of hydrogen-bond acceptors (Lipinski definition) is 8. The Morgan fingerprint density at radius 2 is 1.64 bits per heavy atom. The third kappa shape index (κ3) is 5.52. The lowest BCUT2D eigenvalue weighted by Crippen LogP contribution is -2.45. The molecule has 0 amide bonds. The summed E-state index contributed by atoms with van der Waals surface area (Å²) in [5, 5.41) is 22.1. The van der Waals surface area contributed by atoms with Crippen LogP contribution in [0.2, 0.25) is 0 Å². The summed E-state index contributed by atoms with van der Waals surface area (Å²) in [5.74, 6) is -1.63. The van der Waals surface area contributed by atoms with Crippen LogP contribution in [0, 0.1) is 11.6 Å². The summed E-state index contributed by atoms with van der Waals surface area (Å²) in [6.07, 6.45) is -0.840.